The molecule has 0 unspecified atom stereocenters. The summed E-state index contributed by atoms with van der Waals surface area (Å²) in [5, 5.41) is 0. The highest BCUT2D eigenvalue weighted by molar-refractivity contribution is 9.10. The average molecular weight is 504 g/mol. The summed E-state index contributed by atoms with van der Waals surface area (Å²) in [6.45, 7) is 4.39. The fourth-order valence-electron chi connectivity index (χ4n) is 2.88. The van der Waals surface area contributed by atoms with Crippen molar-refractivity contribution in [3.8, 4) is 11.5 Å². The van der Waals surface area contributed by atoms with E-state index in [0.717, 1.165) is 26.5 Å². The van der Waals surface area contributed by atoms with E-state index >= 15 is 0 Å². The summed E-state index contributed by atoms with van der Waals surface area (Å²) in [7, 11) is 0. The van der Waals surface area contributed by atoms with E-state index in [4.69, 9.17) is 9.47 Å². The van der Waals surface area contributed by atoms with Gasteiger partial charge in [0.25, 0.3) is 0 Å². The summed E-state index contributed by atoms with van der Waals surface area (Å²) >= 11 is 6.94. The molecule has 0 amide bonds. The van der Waals surface area contributed by atoms with Crippen molar-refractivity contribution < 1.29 is 14.3 Å². The van der Waals surface area contributed by atoms with Gasteiger partial charge < -0.3 is 9.47 Å². The van der Waals surface area contributed by atoms with Crippen molar-refractivity contribution in [3.05, 3.63) is 91.9 Å². The Morgan fingerprint density at radius 2 is 1.61 bits per heavy atom. The van der Waals surface area contributed by atoms with E-state index < -0.39 is 5.97 Å². The van der Waals surface area contributed by atoms with Crippen LogP contribution in [-0.2, 0) is 6.42 Å². The molecule has 0 saturated heterocycles. The Hall–Kier alpha value is -2.11. The minimum absolute atomic E-state index is 0.398. The second-order valence-corrected chi connectivity index (χ2v) is 8.26. The fourth-order valence-corrected chi connectivity index (χ4v) is 4.06. The molecule has 0 heterocycles. The van der Waals surface area contributed by atoms with Crippen molar-refractivity contribution in [3.63, 3.8) is 0 Å². The first-order valence-corrected chi connectivity index (χ1v) is 10.5. The summed E-state index contributed by atoms with van der Waals surface area (Å²) in [5.74, 6) is 0.890. The third-order valence-electron chi connectivity index (χ3n) is 4.28. The predicted molar refractivity (Wildman–Crippen MR) is 118 cm³/mol. The van der Waals surface area contributed by atoms with Crippen LogP contribution in [0.15, 0.2) is 69.6 Å². The third-order valence-corrected chi connectivity index (χ3v) is 5.36. The number of carbonyl (C=O) groups is 1. The first-order chi connectivity index (χ1) is 13.4. The summed E-state index contributed by atoms with van der Waals surface area (Å²) in [6, 6.07) is 19.2. The van der Waals surface area contributed by atoms with Crippen molar-refractivity contribution in [2.75, 3.05) is 6.61 Å². The van der Waals surface area contributed by atoms with Crippen LogP contribution < -0.4 is 9.47 Å². The maximum absolute atomic E-state index is 12.6. The molecule has 28 heavy (non-hydrogen) atoms. The molecule has 3 aromatic carbocycles. The molecule has 0 aliphatic carbocycles. The molecule has 3 nitrogen and oxygen atoms in total. The van der Waals surface area contributed by atoms with E-state index in [-0.39, 0.29) is 0 Å². The summed E-state index contributed by atoms with van der Waals surface area (Å²) < 4.78 is 13.2. The Morgan fingerprint density at radius 3 is 2.25 bits per heavy atom. The van der Waals surface area contributed by atoms with Crippen molar-refractivity contribution in [2.45, 2.75) is 20.3 Å². The Labute approximate surface area is 181 Å². The molecule has 0 fully saturated rings. The quantitative estimate of drug-likeness (QED) is 0.278. The number of hydrogen-bond donors (Lipinski definition) is 0. The van der Waals surface area contributed by atoms with Crippen LogP contribution >= 0.6 is 31.9 Å². The highest BCUT2D eigenvalue weighted by atomic mass is 79.9. The highest BCUT2D eigenvalue weighted by Crippen LogP contribution is 2.30. The zero-order valence-corrected chi connectivity index (χ0v) is 18.8. The van der Waals surface area contributed by atoms with E-state index in [1.807, 2.05) is 44.2 Å². The van der Waals surface area contributed by atoms with Gasteiger partial charge >= 0.3 is 5.97 Å². The Balaban J connectivity index is 1.65. The van der Waals surface area contributed by atoms with Crippen LogP contribution in [0.3, 0.4) is 0 Å². The van der Waals surface area contributed by atoms with Gasteiger partial charge in [0.1, 0.15) is 11.5 Å². The van der Waals surface area contributed by atoms with Crippen LogP contribution in [0, 0.1) is 13.8 Å². The molecule has 0 N–H and O–H groups in total. The van der Waals surface area contributed by atoms with Gasteiger partial charge in [-0.25, -0.2) is 4.79 Å². The molecule has 3 rings (SSSR count). The first-order valence-electron chi connectivity index (χ1n) is 8.89. The lowest BCUT2D eigenvalue weighted by molar-refractivity contribution is 0.0732. The zero-order valence-electron chi connectivity index (χ0n) is 15.7. The predicted octanol–water partition coefficient (Wildman–Crippen LogP) is 6.67. The van der Waals surface area contributed by atoms with Crippen LogP contribution in [-0.4, -0.2) is 12.6 Å². The first kappa shape index (κ1) is 20.6. The third kappa shape index (κ3) is 5.24. The molecule has 0 saturated carbocycles. The SMILES string of the molecule is Cc1cc(Br)cc(C)c1OC(=O)c1ccc(OCCc2ccccc2)c(Br)c1. The van der Waals surface area contributed by atoms with Gasteiger partial charge in [0, 0.05) is 10.9 Å². The minimum Gasteiger partial charge on any atom is -0.492 e. The number of rotatable bonds is 6. The molecule has 5 heteroatoms. The second-order valence-electron chi connectivity index (χ2n) is 6.49. The normalized spacial score (nSPS) is 10.6. The lowest BCUT2D eigenvalue weighted by Crippen LogP contribution is -2.11. The van der Waals surface area contributed by atoms with Crippen molar-refractivity contribution in [1.29, 1.82) is 0 Å². The number of esters is 1. The number of halogens is 2. The molecule has 0 spiro atoms. The number of aryl methyl sites for hydroxylation is 2. The molecular formula is C23H20Br2O3. The van der Waals surface area contributed by atoms with Gasteiger partial charge in [-0.2, -0.15) is 0 Å². The van der Waals surface area contributed by atoms with Crippen LogP contribution in [0.4, 0.5) is 0 Å². The van der Waals surface area contributed by atoms with E-state index in [1.165, 1.54) is 5.56 Å². The zero-order chi connectivity index (χ0) is 20.1. The van der Waals surface area contributed by atoms with E-state index in [1.54, 1.807) is 18.2 Å². The minimum atomic E-state index is -0.398. The topological polar surface area (TPSA) is 35.5 Å². The van der Waals surface area contributed by atoms with Gasteiger partial charge in [-0.3, -0.25) is 0 Å². The largest absolute Gasteiger partial charge is 0.492 e. The number of benzene rings is 3. The van der Waals surface area contributed by atoms with Crippen LogP contribution in [0.2, 0.25) is 0 Å². The van der Waals surface area contributed by atoms with Gasteiger partial charge in [-0.05, 0) is 76.8 Å². The molecular weight excluding hydrogens is 484 g/mol. The van der Waals surface area contributed by atoms with Crippen molar-refractivity contribution >= 4 is 37.8 Å². The number of carbonyl (C=O) groups excluding carboxylic acids is 1. The summed E-state index contributed by atoms with van der Waals surface area (Å²) in [5.41, 5.74) is 3.49. The van der Waals surface area contributed by atoms with Gasteiger partial charge in [0.15, 0.2) is 0 Å². The van der Waals surface area contributed by atoms with Crippen molar-refractivity contribution in [1.82, 2.24) is 0 Å². The van der Waals surface area contributed by atoms with Gasteiger partial charge in [-0.15, -0.1) is 0 Å². The highest BCUT2D eigenvalue weighted by Gasteiger charge is 2.15. The second kappa shape index (κ2) is 9.39. The molecule has 3 aromatic rings. The van der Waals surface area contributed by atoms with Gasteiger partial charge in [0.2, 0.25) is 0 Å². The van der Waals surface area contributed by atoms with E-state index in [2.05, 4.69) is 44.0 Å². The van der Waals surface area contributed by atoms with E-state index in [9.17, 15) is 4.79 Å². The van der Waals surface area contributed by atoms with Crippen LogP contribution in [0.5, 0.6) is 11.5 Å². The summed E-state index contributed by atoms with van der Waals surface area (Å²) in [4.78, 5) is 12.6. The number of hydrogen-bond acceptors (Lipinski definition) is 3. The smallest absolute Gasteiger partial charge is 0.343 e. The maximum Gasteiger partial charge on any atom is 0.343 e. The standard InChI is InChI=1S/C23H20Br2O3/c1-15-12-19(24)13-16(2)22(15)28-23(26)18-8-9-21(20(25)14-18)27-11-10-17-6-4-3-5-7-17/h3-9,12-14H,10-11H2,1-2H3. The molecule has 0 aromatic heterocycles. The van der Waals surface area contributed by atoms with Gasteiger partial charge in [0.05, 0.1) is 16.6 Å². The Morgan fingerprint density at radius 1 is 0.929 bits per heavy atom. The van der Waals surface area contributed by atoms with Crippen LogP contribution in [0.25, 0.3) is 0 Å². The molecule has 0 aliphatic heterocycles. The summed E-state index contributed by atoms with van der Waals surface area (Å²) in [6.07, 6.45) is 0.819. The average Bonchev–Trinajstić information content (AvgIpc) is 2.66. The lowest BCUT2D eigenvalue weighted by Gasteiger charge is -2.12. The molecule has 0 radical (unpaired) electrons. The van der Waals surface area contributed by atoms with Crippen molar-refractivity contribution in [2.24, 2.45) is 0 Å². The van der Waals surface area contributed by atoms with E-state index in [0.29, 0.717) is 23.7 Å². The maximum atomic E-state index is 12.6. The Kier molecular flexibility index (Phi) is 6.92. The molecule has 144 valence electrons. The number of ether oxygens (including phenoxy) is 2. The molecule has 0 bridgehead atoms. The van der Waals surface area contributed by atoms with Crippen LogP contribution in [0.1, 0.15) is 27.0 Å². The fraction of sp³-hybridized carbons (Fsp3) is 0.174. The van der Waals surface area contributed by atoms with Gasteiger partial charge in [-0.1, -0.05) is 46.3 Å². The molecule has 0 aliphatic rings. The monoisotopic (exact) mass is 502 g/mol. The Bertz CT molecular complexity index is 961. The lowest BCUT2D eigenvalue weighted by atomic mass is 10.1. The molecule has 0 atom stereocenters.